The first-order valence-electron chi connectivity index (χ1n) is 6.42. The maximum absolute atomic E-state index is 4.47. The molecule has 0 amide bonds. The molecule has 0 unspecified atom stereocenters. The highest BCUT2D eigenvalue weighted by molar-refractivity contribution is 5.37. The molecular weight excluding hydrogens is 242 g/mol. The van der Waals surface area contributed by atoms with E-state index in [0.29, 0.717) is 0 Å². The monoisotopic (exact) mass is 259 g/mol. The van der Waals surface area contributed by atoms with Gasteiger partial charge in [-0.05, 0) is 13.0 Å². The molecule has 3 rings (SSSR count). The van der Waals surface area contributed by atoms with Crippen LogP contribution in [-0.4, -0.2) is 56.2 Å². The van der Waals surface area contributed by atoms with E-state index in [-0.39, 0.29) is 0 Å². The second-order valence-corrected chi connectivity index (χ2v) is 4.66. The van der Waals surface area contributed by atoms with Crippen molar-refractivity contribution < 1.29 is 0 Å². The molecule has 3 heterocycles. The van der Waals surface area contributed by atoms with Crippen LogP contribution in [0.4, 0.5) is 5.82 Å². The molecule has 2 aromatic rings. The molecule has 0 saturated carbocycles. The summed E-state index contributed by atoms with van der Waals surface area (Å²) in [5.74, 6) is 2.76. The highest BCUT2D eigenvalue weighted by Crippen LogP contribution is 2.13. The number of aryl methyl sites for hydroxylation is 1. The van der Waals surface area contributed by atoms with Crippen molar-refractivity contribution in [3.63, 3.8) is 0 Å². The molecule has 19 heavy (non-hydrogen) atoms. The zero-order chi connectivity index (χ0) is 13.1. The predicted molar refractivity (Wildman–Crippen MR) is 70.6 cm³/mol. The highest BCUT2D eigenvalue weighted by atomic mass is 15.3. The molecule has 2 aromatic heterocycles. The van der Waals surface area contributed by atoms with Gasteiger partial charge in [-0.3, -0.25) is 10.00 Å². The number of hydrogen-bond acceptors (Lipinski definition) is 6. The fourth-order valence-corrected chi connectivity index (χ4v) is 2.27. The first kappa shape index (κ1) is 12.0. The van der Waals surface area contributed by atoms with Crippen LogP contribution in [0.1, 0.15) is 11.6 Å². The van der Waals surface area contributed by atoms with E-state index < -0.39 is 0 Å². The largest absolute Gasteiger partial charge is 0.354 e. The Kier molecular flexibility index (Phi) is 3.37. The van der Waals surface area contributed by atoms with Gasteiger partial charge in [0.2, 0.25) is 0 Å². The third kappa shape index (κ3) is 2.87. The summed E-state index contributed by atoms with van der Waals surface area (Å²) in [7, 11) is 0. The Balaban J connectivity index is 1.57. The van der Waals surface area contributed by atoms with Crippen LogP contribution in [0.2, 0.25) is 0 Å². The number of piperazine rings is 1. The summed E-state index contributed by atoms with van der Waals surface area (Å²) in [6.45, 7) is 6.71. The Bertz CT molecular complexity index is 517. The molecule has 1 saturated heterocycles. The normalized spacial score (nSPS) is 16.8. The van der Waals surface area contributed by atoms with Crippen LogP contribution in [0.5, 0.6) is 0 Å². The molecule has 1 aliphatic heterocycles. The Hall–Kier alpha value is -2.02. The molecule has 0 aromatic carbocycles. The van der Waals surface area contributed by atoms with Gasteiger partial charge in [0.1, 0.15) is 23.8 Å². The molecule has 100 valence electrons. The molecule has 7 heteroatoms. The van der Waals surface area contributed by atoms with Crippen LogP contribution in [0, 0.1) is 6.92 Å². The van der Waals surface area contributed by atoms with Crippen LogP contribution in [-0.2, 0) is 6.54 Å². The summed E-state index contributed by atoms with van der Waals surface area (Å²) in [6.07, 6.45) is 3.37. The average molecular weight is 259 g/mol. The number of aromatic amines is 1. The molecule has 0 bridgehead atoms. The van der Waals surface area contributed by atoms with Crippen molar-refractivity contribution in [3.05, 3.63) is 30.2 Å². The van der Waals surface area contributed by atoms with E-state index in [0.717, 1.165) is 50.2 Å². The van der Waals surface area contributed by atoms with Crippen LogP contribution >= 0.6 is 0 Å². The molecule has 1 aliphatic rings. The molecule has 0 radical (unpaired) electrons. The van der Waals surface area contributed by atoms with Gasteiger partial charge in [-0.15, -0.1) is 0 Å². The van der Waals surface area contributed by atoms with E-state index in [4.69, 9.17) is 0 Å². The minimum Gasteiger partial charge on any atom is -0.354 e. The maximum Gasteiger partial charge on any atom is 0.138 e. The van der Waals surface area contributed by atoms with Crippen molar-refractivity contribution >= 4 is 5.82 Å². The van der Waals surface area contributed by atoms with E-state index in [1.54, 1.807) is 6.33 Å². The number of aromatic nitrogens is 5. The smallest absolute Gasteiger partial charge is 0.138 e. The summed E-state index contributed by atoms with van der Waals surface area (Å²) >= 11 is 0. The van der Waals surface area contributed by atoms with Crippen molar-refractivity contribution in [1.82, 2.24) is 30.0 Å². The fraction of sp³-hybridized carbons (Fsp3) is 0.500. The molecular formula is C12H17N7. The quantitative estimate of drug-likeness (QED) is 0.850. The minimum absolute atomic E-state index is 0.821. The van der Waals surface area contributed by atoms with Crippen molar-refractivity contribution in [1.29, 1.82) is 0 Å². The highest BCUT2D eigenvalue weighted by Gasteiger charge is 2.18. The Morgan fingerprint density at radius 2 is 2.05 bits per heavy atom. The molecule has 0 spiro atoms. The van der Waals surface area contributed by atoms with E-state index in [1.165, 1.54) is 0 Å². The first-order valence-corrected chi connectivity index (χ1v) is 6.42. The number of rotatable bonds is 3. The number of anilines is 1. The molecule has 1 N–H and O–H groups in total. The number of H-pyrrole nitrogens is 1. The standard InChI is InChI=1S/C12H17N7/c1-10-13-3-2-12(16-10)19-6-4-18(5-7-19)8-11-14-9-15-17-11/h2-3,9H,4-8H2,1H3,(H,14,15,17). The maximum atomic E-state index is 4.47. The van der Waals surface area contributed by atoms with Crippen LogP contribution in [0.3, 0.4) is 0 Å². The van der Waals surface area contributed by atoms with Gasteiger partial charge in [0, 0.05) is 32.4 Å². The summed E-state index contributed by atoms with van der Waals surface area (Å²) in [4.78, 5) is 17.4. The third-order valence-corrected chi connectivity index (χ3v) is 3.30. The average Bonchev–Trinajstić information content (AvgIpc) is 2.92. The van der Waals surface area contributed by atoms with Gasteiger partial charge in [0.15, 0.2) is 0 Å². The summed E-state index contributed by atoms with van der Waals surface area (Å²) < 4.78 is 0. The van der Waals surface area contributed by atoms with Gasteiger partial charge in [0.25, 0.3) is 0 Å². The van der Waals surface area contributed by atoms with Crippen LogP contribution in [0.25, 0.3) is 0 Å². The van der Waals surface area contributed by atoms with Crippen molar-refractivity contribution in [2.75, 3.05) is 31.1 Å². The van der Waals surface area contributed by atoms with E-state index in [2.05, 4.69) is 34.9 Å². The third-order valence-electron chi connectivity index (χ3n) is 3.30. The topological polar surface area (TPSA) is 73.8 Å². The molecule has 1 fully saturated rings. The van der Waals surface area contributed by atoms with Crippen molar-refractivity contribution in [2.24, 2.45) is 0 Å². The summed E-state index contributed by atoms with van der Waals surface area (Å²) in [5, 5.41) is 6.77. The summed E-state index contributed by atoms with van der Waals surface area (Å²) in [5.41, 5.74) is 0. The van der Waals surface area contributed by atoms with Gasteiger partial charge in [-0.1, -0.05) is 0 Å². The lowest BCUT2D eigenvalue weighted by molar-refractivity contribution is 0.243. The van der Waals surface area contributed by atoms with Gasteiger partial charge < -0.3 is 4.90 Å². The zero-order valence-corrected chi connectivity index (χ0v) is 11.0. The lowest BCUT2D eigenvalue weighted by Crippen LogP contribution is -2.46. The van der Waals surface area contributed by atoms with Crippen molar-refractivity contribution in [2.45, 2.75) is 13.5 Å². The van der Waals surface area contributed by atoms with Gasteiger partial charge >= 0.3 is 0 Å². The number of nitrogens with zero attached hydrogens (tertiary/aromatic N) is 6. The SMILES string of the molecule is Cc1nccc(N2CCN(Cc3ncn[nH]3)CC2)n1. The van der Waals surface area contributed by atoms with E-state index in [9.17, 15) is 0 Å². The number of hydrogen-bond donors (Lipinski definition) is 1. The van der Waals surface area contributed by atoms with Crippen LogP contribution in [0.15, 0.2) is 18.6 Å². The lowest BCUT2D eigenvalue weighted by atomic mass is 10.3. The second kappa shape index (κ2) is 5.31. The van der Waals surface area contributed by atoms with Crippen LogP contribution < -0.4 is 4.90 Å². The van der Waals surface area contributed by atoms with E-state index in [1.807, 2.05) is 19.2 Å². The molecule has 0 aliphatic carbocycles. The van der Waals surface area contributed by atoms with E-state index >= 15 is 0 Å². The first-order chi connectivity index (χ1) is 9.31. The van der Waals surface area contributed by atoms with Gasteiger partial charge in [-0.2, -0.15) is 5.10 Å². The summed E-state index contributed by atoms with van der Waals surface area (Å²) in [6, 6.07) is 1.97. The van der Waals surface area contributed by atoms with Crippen molar-refractivity contribution in [3.8, 4) is 0 Å². The fourth-order valence-electron chi connectivity index (χ4n) is 2.27. The number of nitrogens with one attached hydrogen (secondary N) is 1. The zero-order valence-electron chi connectivity index (χ0n) is 11.0. The predicted octanol–water partition coefficient (Wildman–Crippen LogP) is 0.225. The second-order valence-electron chi connectivity index (χ2n) is 4.66. The molecule has 0 atom stereocenters. The van der Waals surface area contributed by atoms with Gasteiger partial charge in [0.05, 0.1) is 6.54 Å². The lowest BCUT2D eigenvalue weighted by Gasteiger charge is -2.34. The minimum atomic E-state index is 0.821. The van der Waals surface area contributed by atoms with Gasteiger partial charge in [-0.25, -0.2) is 15.0 Å². The Labute approximate surface area is 111 Å². The molecule has 7 nitrogen and oxygen atoms in total. The Morgan fingerprint density at radius 1 is 1.21 bits per heavy atom. The Morgan fingerprint density at radius 3 is 2.74 bits per heavy atom.